The molecule has 2 saturated heterocycles. The number of carbonyl (C=O) groups excluding carboxylic acids is 2. The van der Waals surface area contributed by atoms with Crippen LogP contribution >= 0.6 is 0 Å². The van der Waals surface area contributed by atoms with E-state index in [4.69, 9.17) is 33.2 Å². The Morgan fingerprint density at radius 1 is 1.13 bits per heavy atom. The van der Waals surface area contributed by atoms with Crippen LogP contribution in [0.15, 0.2) is 30.3 Å². The van der Waals surface area contributed by atoms with Crippen LogP contribution in [0.2, 0.25) is 0 Å². The second kappa shape index (κ2) is 10.1. The minimum Gasteiger partial charge on any atom is -0.467 e. The highest BCUT2D eigenvalue weighted by Gasteiger charge is 2.60. The van der Waals surface area contributed by atoms with Crippen LogP contribution < -0.4 is 0 Å². The van der Waals surface area contributed by atoms with E-state index in [0.717, 1.165) is 5.56 Å². The molecule has 2 aliphatic heterocycles. The molecule has 6 atom stereocenters. The molecule has 31 heavy (non-hydrogen) atoms. The molecular weight excluding hydrogens is 408 g/mol. The van der Waals surface area contributed by atoms with Gasteiger partial charge in [-0.1, -0.05) is 44.2 Å². The molecule has 1 aromatic rings. The highest BCUT2D eigenvalue weighted by atomic mass is 16.9. The summed E-state index contributed by atoms with van der Waals surface area (Å²) in [6.45, 7) is 7.46. The number of benzene rings is 1. The van der Waals surface area contributed by atoms with Crippen molar-refractivity contribution in [2.24, 2.45) is 5.92 Å². The van der Waals surface area contributed by atoms with E-state index in [2.05, 4.69) is 0 Å². The van der Waals surface area contributed by atoms with Crippen molar-refractivity contribution in [3.05, 3.63) is 35.9 Å². The summed E-state index contributed by atoms with van der Waals surface area (Å²) in [6.07, 6.45) is -4.98. The van der Waals surface area contributed by atoms with Gasteiger partial charge in [-0.3, -0.25) is 9.53 Å². The lowest BCUT2D eigenvalue weighted by Crippen LogP contribution is -2.61. The highest BCUT2D eigenvalue weighted by molar-refractivity contribution is 5.76. The SMILES string of the molecule is COC(=O)C1OC2OC(C)(OCC(C)C)OC2C(OCc2ccccc2)C1OC(C)=O. The predicted octanol–water partition coefficient (Wildman–Crippen LogP) is 2.16. The van der Waals surface area contributed by atoms with E-state index in [1.807, 2.05) is 44.2 Å². The molecule has 2 heterocycles. The zero-order valence-corrected chi connectivity index (χ0v) is 18.4. The van der Waals surface area contributed by atoms with Crippen LogP contribution in [0.1, 0.15) is 33.3 Å². The average Bonchev–Trinajstić information content (AvgIpc) is 3.07. The molecular formula is C22H30O9. The van der Waals surface area contributed by atoms with Crippen LogP contribution in [0.25, 0.3) is 0 Å². The van der Waals surface area contributed by atoms with Crippen LogP contribution in [0, 0.1) is 5.92 Å². The Bertz CT molecular complexity index is 753. The Labute approximate surface area is 181 Å². The van der Waals surface area contributed by atoms with Crippen molar-refractivity contribution in [3.8, 4) is 0 Å². The lowest BCUT2D eigenvalue weighted by atomic mass is 9.98. The van der Waals surface area contributed by atoms with Gasteiger partial charge in [-0.2, -0.15) is 0 Å². The molecule has 6 unspecified atom stereocenters. The molecule has 0 bridgehead atoms. The normalized spacial score (nSPS) is 32.5. The van der Waals surface area contributed by atoms with Crippen molar-refractivity contribution in [2.75, 3.05) is 13.7 Å². The van der Waals surface area contributed by atoms with Crippen LogP contribution in [-0.4, -0.2) is 62.3 Å². The number of methoxy groups -OCH3 is 1. The van der Waals surface area contributed by atoms with Gasteiger partial charge >= 0.3 is 11.9 Å². The minimum absolute atomic E-state index is 0.202. The fourth-order valence-corrected chi connectivity index (χ4v) is 3.49. The monoisotopic (exact) mass is 438 g/mol. The lowest BCUT2D eigenvalue weighted by Gasteiger charge is -2.40. The Kier molecular flexibility index (Phi) is 7.66. The first-order chi connectivity index (χ1) is 14.7. The molecule has 0 saturated carbocycles. The molecule has 9 nitrogen and oxygen atoms in total. The largest absolute Gasteiger partial charge is 0.467 e. The van der Waals surface area contributed by atoms with Gasteiger partial charge in [0.15, 0.2) is 18.5 Å². The first-order valence-electron chi connectivity index (χ1n) is 10.3. The second-order valence-corrected chi connectivity index (χ2v) is 8.05. The van der Waals surface area contributed by atoms with Gasteiger partial charge in [0.1, 0.15) is 12.2 Å². The molecule has 2 aliphatic rings. The van der Waals surface area contributed by atoms with E-state index in [9.17, 15) is 9.59 Å². The molecule has 9 heteroatoms. The second-order valence-electron chi connectivity index (χ2n) is 8.05. The van der Waals surface area contributed by atoms with Gasteiger partial charge < -0.3 is 28.4 Å². The molecule has 3 rings (SSSR count). The summed E-state index contributed by atoms with van der Waals surface area (Å²) in [5.41, 5.74) is 0.902. The van der Waals surface area contributed by atoms with E-state index in [1.54, 1.807) is 6.92 Å². The molecule has 1 aromatic carbocycles. The summed E-state index contributed by atoms with van der Waals surface area (Å²) in [7, 11) is 1.23. The maximum Gasteiger partial charge on any atom is 0.339 e. The molecule has 0 amide bonds. The van der Waals surface area contributed by atoms with Crippen LogP contribution in [0.5, 0.6) is 0 Å². The molecule has 0 N–H and O–H groups in total. The molecule has 0 spiro atoms. The Morgan fingerprint density at radius 2 is 1.84 bits per heavy atom. The molecule has 0 aromatic heterocycles. The molecule has 0 radical (unpaired) electrons. The summed E-state index contributed by atoms with van der Waals surface area (Å²) in [5.74, 6) is -2.46. The summed E-state index contributed by atoms with van der Waals surface area (Å²) in [4.78, 5) is 24.2. The third kappa shape index (κ3) is 5.81. The Balaban J connectivity index is 1.87. The van der Waals surface area contributed by atoms with Gasteiger partial charge in [0.25, 0.3) is 5.97 Å². The topological polar surface area (TPSA) is 98.8 Å². The Hall–Kier alpha value is -2.04. The van der Waals surface area contributed by atoms with E-state index >= 15 is 0 Å². The van der Waals surface area contributed by atoms with Crippen LogP contribution in [-0.2, 0) is 49.4 Å². The first-order valence-corrected chi connectivity index (χ1v) is 10.3. The average molecular weight is 438 g/mol. The summed E-state index contributed by atoms with van der Waals surface area (Å²) >= 11 is 0. The van der Waals surface area contributed by atoms with E-state index < -0.39 is 48.6 Å². The molecule has 0 aliphatic carbocycles. The van der Waals surface area contributed by atoms with Gasteiger partial charge in [-0.15, -0.1) is 0 Å². The van der Waals surface area contributed by atoms with Gasteiger partial charge in [-0.05, 0) is 11.5 Å². The zero-order chi connectivity index (χ0) is 22.6. The molecule has 2 fully saturated rings. The number of hydrogen-bond donors (Lipinski definition) is 0. The van der Waals surface area contributed by atoms with Crippen molar-refractivity contribution in [3.63, 3.8) is 0 Å². The smallest absolute Gasteiger partial charge is 0.339 e. The maximum atomic E-state index is 12.4. The predicted molar refractivity (Wildman–Crippen MR) is 106 cm³/mol. The quantitative estimate of drug-likeness (QED) is 0.565. The summed E-state index contributed by atoms with van der Waals surface area (Å²) in [5, 5.41) is 0. The third-order valence-electron chi connectivity index (χ3n) is 4.88. The lowest BCUT2D eigenvalue weighted by molar-refractivity contribution is -0.345. The van der Waals surface area contributed by atoms with Crippen LogP contribution in [0.3, 0.4) is 0 Å². The van der Waals surface area contributed by atoms with Crippen molar-refractivity contribution < 1.29 is 42.7 Å². The van der Waals surface area contributed by atoms with Crippen molar-refractivity contribution in [2.45, 2.75) is 71.0 Å². The molecule has 172 valence electrons. The van der Waals surface area contributed by atoms with Crippen molar-refractivity contribution in [1.82, 2.24) is 0 Å². The number of hydrogen-bond acceptors (Lipinski definition) is 9. The highest BCUT2D eigenvalue weighted by Crippen LogP contribution is 2.40. The number of esters is 2. The number of fused-ring (bicyclic) bond motifs is 1. The number of rotatable bonds is 8. The van der Waals surface area contributed by atoms with Crippen LogP contribution in [0.4, 0.5) is 0 Å². The van der Waals surface area contributed by atoms with E-state index in [-0.39, 0.29) is 12.5 Å². The number of carbonyl (C=O) groups is 2. The number of ether oxygens (including phenoxy) is 7. The summed E-state index contributed by atoms with van der Waals surface area (Å²) in [6, 6.07) is 9.47. The Morgan fingerprint density at radius 3 is 2.45 bits per heavy atom. The van der Waals surface area contributed by atoms with E-state index in [1.165, 1.54) is 14.0 Å². The maximum absolute atomic E-state index is 12.4. The fourth-order valence-electron chi connectivity index (χ4n) is 3.49. The summed E-state index contributed by atoms with van der Waals surface area (Å²) < 4.78 is 39.9. The zero-order valence-electron chi connectivity index (χ0n) is 18.4. The van der Waals surface area contributed by atoms with Crippen molar-refractivity contribution >= 4 is 11.9 Å². The fraction of sp³-hybridized carbons (Fsp3) is 0.636. The van der Waals surface area contributed by atoms with Gasteiger partial charge in [-0.25, -0.2) is 4.79 Å². The first kappa shape index (κ1) is 23.6. The third-order valence-corrected chi connectivity index (χ3v) is 4.88. The van der Waals surface area contributed by atoms with Gasteiger partial charge in [0.2, 0.25) is 0 Å². The standard InChI is InChI=1S/C22H30O9/c1-13(2)11-27-22(4)30-19-16(26-12-15-9-7-6-8-10-15)17(28-14(3)23)18(20(24)25-5)29-21(19)31-22/h6-10,13,16-19,21H,11-12H2,1-5H3. The van der Waals surface area contributed by atoms with Crippen molar-refractivity contribution in [1.29, 1.82) is 0 Å². The van der Waals surface area contributed by atoms with Gasteiger partial charge in [0, 0.05) is 13.8 Å². The van der Waals surface area contributed by atoms with Gasteiger partial charge in [0.05, 0.1) is 20.3 Å². The minimum atomic E-state index is -1.40. The van der Waals surface area contributed by atoms with E-state index in [0.29, 0.717) is 6.61 Å².